The van der Waals surface area contributed by atoms with E-state index in [1.54, 1.807) is 38.2 Å². The van der Waals surface area contributed by atoms with Crippen molar-refractivity contribution in [3.8, 4) is 17.9 Å². The lowest BCUT2D eigenvalue weighted by molar-refractivity contribution is -0.140. The third-order valence-electron chi connectivity index (χ3n) is 9.35. The maximum Gasteiger partial charge on any atom is 0.406 e. The Morgan fingerprint density at radius 3 is 2.45 bits per heavy atom. The van der Waals surface area contributed by atoms with Crippen LogP contribution in [0.3, 0.4) is 0 Å². The van der Waals surface area contributed by atoms with Gasteiger partial charge in [-0.15, -0.1) is 0 Å². The van der Waals surface area contributed by atoms with Gasteiger partial charge >= 0.3 is 6.18 Å². The number of amides is 1. The lowest BCUT2D eigenvalue weighted by Gasteiger charge is -2.36. The van der Waals surface area contributed by atoms with Gasteiger partial charge in [-0.25, -0.2) is 0 Å². The quantitative estimate of drug-likeness (QED) is 0.319. The Bertz CT molecular complexity index is 1630. The zero-order valence-corrected chi connectivity index (χ0v) is 27.5. The number of alkyl halides is 3. The number of likely N-dealkylation sites (N-methyl/N-ethyl adjacent to an activating group) is 1. The summed E-state index contributed by atoms with van der Waals surface area (Å²) in [4.78, 5) is 23.7. The van der Waals surface area contributed by atoms with E-state index in [1.807, 2.05) is 23.1 Å². The van der Waals surface area contributed by atoms with Crippen LogP contribution in [-0.4, -0.2) is 95.7 Å². The van der Waals surface area contributed by atoms with Crippen molar-refractivity contribution >= 4 is 22.5 Å². The minimum Gasteiger partial charge on any atom is -0.373 e. The second-order valence-corrected chi connectivity index (χ2v) is 13.4. The standard InChI is InChI=1S/C36H44F3N7O/c1-35(2,25-40)33-11-9-30(23-42-33)41-14-4-5-31-22-29-21-28(8-10-32(29)46(31)26-36(37,38)39)7-6-27-12-15-45(16-13-27)34(47)24-44-19-17-43(3)18-20-44/h8-11,21-23,27,41H,6-7,12-20,24,26H2,1-3H3. The van der Waals surface area contributed by atoms with Gasteiger partial charge in [0.2, 0.25) is 5.91 Å². The number of carbonyl (C=O) groups excluding carboxylic acids is 1. The van der Waals surface area contributed by atoms with Gasteiger partial charge < -0.3 is 19.7 Å². The Morgan fingerprint density at radius 2 is 1.79 bits per heavy atom. The van der Waals surface area contributed by atoms with Crippen LogP contribution in [0.1, 0.15) is 50.1 Å². The molecule has 0 radical (unpaired) electrons. The molecule has 0 saturated carbocycles. The SMILES string of the molecule is CN1CCN(CC(=O)N2CCC(CCc3ccc4c(c3)cc(C#CCNc3ccc(C(C)(C)C#N)nc3)n4CC(F)(F)F)CC2)CC1. The Morgan fingerprint density at radius 1 is 1.04 bits per heavy atom. The van der Waals surface area contributed by atoms with E-state index in [0.29, 0.717) is 35.1 Å². The van der Waals surface area contributed by atoms with E-state index in [2.05, 4.69) is 45.1 Å². The minimum absolute atomic E-state index is 0.224. The molecule has 2 aliphatic rings. The number of piperidine rings is 1. The van der Waals surface area contributed by atoms with Crippen molar-refractivity contribution in [1.82, 2.24) is 24.3 Å². The van der Waals surface area contributed by atoms with Crippen molar-refractivity contribution in [3.05, 3.63) is 59.5 Å². The normalized spacial score (nSPS) is 16.9. The molecule has 0 bridgehead atoms. The number of aromatic nitrogens is 2. The smallest absolute Gasteiger partial charge is 0.373 e. The van der Waals surface area contributed by atoms with Gasteiger partial charge in [0.05, 0.1) is 47.8 Å². The van der Waals surface area contributed by atoms with Gasteiger partial charge in [0.25, 0.3) is 0 Å². The molecule has 47 heavy (non-hydrogen) atoms. The average molecular weight is 648 g/mol. The van der Waals surface area contributed by atoms with Gasteiger partial charge in [-0.05, 0) is 94.3 Å². The molecular formula is C36H44F3N7O. The summed E-state index contributed by atoms with van der Waals surface area (Å²) >= 11 is 0. The van der Waals surface area contributed by atoms with Crippen molar-refractivity contribution in [2.24, 2.45) is 5.92 Å². The summed E-state index contributed by atoms with van der Waals surface area (Å²) in [6.45, 7) is 8.64. The van der Waals surface area contributed by atoms with Crippen LogP contribution in [0.2, 0.25) is 0 Å². The van der Waals surface area contributed by atoms with Crippen molar-refractivity contribution in [2.45, 2.75) is 57.7 Å². The molecule has 1 aromatic carbocycles. The van der Waals surface area contributed by atoms with Crippen LogP contribution in [0.5, 0.6) is 0 Å². The predicted octanol–water partition coefficient (Wildman–Crippen LogP) is 5.28. The van der Waals surface area contributed by atoms with Gasteiger partial charge in [0.1, 0.15) is 6.54 Å². The van der Waals surface area contributed by atoms with Gasteiger partial charge in [-0.3, -0.25) is 14.7 Å². The number of rotatable bonds is 9. The first-order chi connectivity index (χ1) is 22.4. The van der Waals surface area contributed by atoms with Crippen LogP contribution in [0, 0.1) is 29.1 Å². The van der Waals surface area contributed by atoms with Gasteiger partial charge in [-0.2, -0.15) is 18.4 Å². The van der Waals surface area contributed by atoms with Gasteiger partial charge in [-0.1, -0.05) is 12.0 Å². The van der Waals surface area contributed by atoms with Crippen molar-refractivity contribution in [1.29, 1.82) is 5.26 Å². The average Bonchev–Trinajstić information content (AvgIpc) is 3.38. The highest BCUT2D eigenvalue weighted by molar-refractivity contribution is 5.83. The molecule has 3 aromatic rings. The summed E-state index contributed by atoms with van der Waals surface area (Å²) in [5.74, 6) is 6.63. The van der Waals surface area contributed by atoms with E-state index in [9.17, 15) is 23.2 Å². The molecule has 11 heteroatoms. The number of hydrogen-bond donors (Lipinski definition) is 1. The minimum atomic E-state index is -4.38. The monoisotopic (exact) mass is 647 g/mol. The molecule has 0 aliphatic carbocycles. The van der Waals surface area contributed by atoms with E-state index in [1.165, 1.54) is 4.57 Å². The predicted molar refractivity (Wildman–Crippen MR) is 178 cm³/mol. The molecule has 2 aliphatic heterocycles. The molecule has 1 amide bonds. The maximum absolute atomic E-state index is 13.6. The lowest BCUT2D eigenvalue weighted by Crippen LogP contribution is -2.50. The number of aryl methyl sites for hydroxylation is 1. The largest absolute Gasteiger partial charge is 0.406 e. The fraction of sp³-hybridized carbons (Fsp3) is 0.528. The number of fused-ring (bicyclic) bond motifs is 1. The second kappa shape index (κ2) is 14.8. The number of pyridine rings is 1. The first-order valence-electron chi connectivity index (χ1n) is 16.4. The third kappa shape index (κ3) is 9.27. The molecule has 1 N–H and O–H groups in total. The summed E-state index contributed by atoms with van der Waals surface area (Å²) in [6, 6.07) is 13.2. The van der Waals surface area contributed by atoms with Gasteiger partial charge in [0.15, 0.2) is 0 Å². The van der Waals surface area contributed by atoms with Crippen LogP contribution in [0.4, 0.5) is 18.9 Å². The highest BCUT2D eigenvalue weighted by atomic mass is 19.4. The summed E-state index contributed by atoms with van der Waals surface area (Å²) < 4.78 is 41.9. The fourth-order valence-corrected chi connectivity index (χ4v) is 6.27. The maximum atomic E-state index is 13.6. The molecule has 0 unspecified atom stereocenters. The number of anilines is 1. The van der Waals surface area contributed by atoms with E-state index in [0.717, 1.165) is 75.9 Å². The van der Waals surface area contributed by atoms with Crippen LogP contribution >= 0.6 is 0 Å². The number of nitrogens with one attached hydrogen (secondary N) is 1. The number of halogens is 3. The fourth-order valence-electron chi connectivity index (χ4n) is 6.27. The summed E-state index contributed by atoms with van der Waals surface area (Å²) in [5.41, 5.74) is 2.58. The van der Waals surface area contributed by atoms with E-state index >= 15 is 0 Å². The number of nitriles is 1. The van der Waals surface area contributed by atoms with Gasteiger partial charge in [0, 0.05) is 50.2 Å². The Hall–Kier alpha value is -4.06. The van der Waals surface area contributed by atoms with Crippen LogP contribution in [0.15, 0.2) is 42.6 Å². The van der Waals surface area contributed by atoms with Crippen molar-refractivity contribution in [3.63, 3.8) is 0 Å². The number of hydrogen-bond acceptors (Lipinski definition) is 6. The topological polar surface area (TPSA) is 80.4 Å². The zero-order chi connectivity index (χ0) is 33.6. The number of benzene rings is 1. The van der Waals surface area contributed by atoms with E-state index < -0.39 is 18.1 Å². The molecule has 4 heterocycles. The van der Waals surface area contributed by atoms with Crippen LogP contribution < -0.4 is 5.32 Å². The molecule has 250 valence electrons. The molecule has 0 spiro atoms. The van der Waals surface area contributed by atoms with Crippen molar-refractivity contribution in [2.75, 3.05) is 64.7 Å². The molecule has 2 saturated heterocycles. The van der Waals surface area contributed by atoms with Crippen LogP contribution in [0.25, 0.3) is 10.9 Å². The number of carbonyl (C=O) groups is 1. The molecule has 0 atom stereocenters. The number of nitrogens with zero attached hydrogens (tertiary/aromatic N) is 6. The lowest BCUT2D eigenvalue weighted by atomic mass is 9.90. The Labute approximate surface area is 275 Å². The molecule has 2 fully saturated rings. The summed E-state index contributed by atoms with van der Waals surface area (Å²) in [5, 5.41) is 13.2. The first-order valence-corrected chi connectivity index (χ1v) is 16.4. The Kier molecular flexibility index (Phi) is 10.8. The summed E-state index contributed by atoms with van der Waals surface area (Å²) in [6.07, 6.45) is 1.01. The highest BCUT2D eigenvalue weighted by Gasteiger charge is 2.30. The van der Waals surface area contributed by atoms with Crippen molar-refractivity contribution < 1.29 is 18.0 Å². The molecule has 8 nitrogen and oxygen atoms in total. The third-order valence-corrected chi connectivity index (χ3v) is 9.35. The molecular weight excluding hydrogens is 603 g/mol. The second-order valence-electron chi connectivity index (χ2n) is 13.4. The zero-order valence-electron chi connectivity index (χ0n) is 27.5. The van der Waals surface area contributed by atoms with E-state index in [4.69, 9.17) is 0 Å². The number of likely N-dealkylation sites (tertiary alicyclic amines) is 1. The first kappa shape index (κ1) is 34.3. The van der Waals surface area contributed by atoms with E-state index in [-0.39, 0.29) is 12.5 Å². The highest BCUT2D eigenvalue weighted by Crippen LogP contribution is 2.28. The van der Waals surface area contributed by atoms with Crippen LogP contribution in [-0.2, 0) is 23.2 Å². The number of piperazine rings is 1. The Balaban J connectivity index is 1.17. The summed E-state index contributed by atoms with van der Waals surface area (Å²) in [7, 11) is 2.11. The molecule has 2 aromatic heterocycles. The molecule has 5 rings (SSSR count).